The van der Waals surface area contributed by atoms with Crippen molar-refractivity contribution in [2.75, 3.05) is 40.4 Å². The Morgan fingerprint density at radius 2 is 2.12 bits per heavy atom. The van der Waals surface area contributed by atoms with E-state index in [1.165, 1.54) is 0 Å². The molecule has 0 heterocycles. The summed E-state index contributed by atoms with van der Waals surface area (Å²) in [5, 5.41) is 2.65. The number of likely N-dealkylation sites (N-methyl/N-ethyl adjacent to an activating group) is 1. The average Bonchev–Trinajstić information content (AvgIpc) is 2.17. The van der Waals surface area contributed by atoms with Crippen LogP contribution in [-0.2, 0) is 14.3 Å². The first-order valence-corrected chi connectivity index (χ1v) is 4.96. The molecule has 0 saturated heterocycles. The fourth-order valence-corrected chi connectivity index (χ4v) is 1.08. The standard InChI is InChI=1S/C9H20N4O3/c1-13(5-7(10)9(11)15)6-8(14)12-3-4-16-2/h7H,3-6,10H2,1-2H3,(H2,11,15)(H,12,14). The van der Waals surface area contributed by atoms with Gasteiger partial charge in [0.1, 0.15) is 0 Å². The predicted octanol–water partition coefficient (Wildman–Crippen LogP) is -2.51. The third kappa shape index (κ3) is 7.16. The van der Waals surface area contributed by atoms with Gasteiger partial charge in [0.15, 0.2) is 0 Å². The number of amides is 2. The molecule has 0 aliphatic carbocycles. The fourth-order valence-electron chi connectivity index (χ4n) is 1.08. The van der Waals surface area contributed by atoms with Gasteiger partial charge in [-0.05, 0) is 7.05 Å². The highest BCUT2D eigenvalue weighted by Crippen LogP contribution is 1.86. The zero-order chi connectivity index (χ0) is 12.6. The molecule has 0 aromatic carbocycles. The molecule has 7 nitrogen and oxygen atoms in total. The van der Waals surface area contributed by atoms with Gasteiger partial charge in [-0.3, -0.25) is 14.5 Å². The molecule has 2 amide bonds. The third-order valence-corrected chi connectivity index (χ3v) is 1.92. The molecule has 94 valence electrons. The average molecular weight is 232 g/mol. The molecule has 0 aromatic rings. The lowest BCUT2D eigenvalue weighted by atomic mass is 10.3. The highest BCUT2D eigenvalue weighted by molar-refractivity contribution is 5.80. The number of ether oxygens (including phenoxy) is 1. The van der Waals surface area contributed by atoms with Crippen LogP contribution in [0.25, 0.3) is 0 Å². The van der Waals surface area contributed by atoms with Gasteiger partial charge in [0.25, 0.3) is 0 Å². The quantitative estimate of drug-likeness (QED) is 0.400. The van der Waals surface area contributed by atoms with Crippen molar-refractivity contribution in [3.63, 3.8) is 0 Å². The van der Waals surface area contributed by atoms with Crippen LogP contribution in [0.4, 0.5) is 0 Å². The van der Waals surface area contributed by atoms with Crippen molar-refractivity contribution < 1.29 is 14.3 Å². The van der Waals surface area contributed by atoms with Crippen LogP contribution in [0.2, 0.25) is 0 Å². The fraction of sp³-hybridized carbons (Fsp3) is 0.778. The smallest absolute Gasteiger partial charge is 0.235 e. The van der Waals surface area contributed by atoms with Crippen LogP contribution in [0.3, 0.4) is 0 Å². The molecule has 0 aliphatic heterocycles. The minimum atomic E-state index is -0.753. The zero-order valence-corrected chi connectivity index (χ0v) is 9.73. The molecule has 1 atom stereocenters. The van der Waals surface area contributed by atoms with E-state index in [4.69, 9.17) is 16.2 Å². The molecule has 0 aromatic heterocycles. The summed E-state index contributed by atoms with van der Waals surface area (Å²) in [6, 6.07) is -0.753. The van der Waals surface area contributed by atoms with Gasteiger partial charge in [-0.15, -0.1) is 0 Å². The van der Waals surface area contributed by atoms with Gasteiger partial charge in [-0.1, -0.05) is 0 Å². The second-order valence-corrected chi connectivity index (χ2v) is 3.55. The summed E-state index contributed by atoms with van der Waals surface area (Å²) in [4.78, 5) is 23.6. The number of rotatable bonds is 8. The number of carbonyl (C=O) groups is 2. The van der Waals surface area contributed by atoms with E-state index in [1.807, 2.05) is 0 Å². The summed E-state index contributed by atoms with van der Waals surface area (Å²) in [7, 11) is 3.25. The first-order chi connectivity index (χ1) is 7.47. The zero-order valence-electron chi connectivity index (χ0n) is 9.73. The maximum absolute atomic E-state index is 11.3. The van der Waals surface area contributed by atoms with E-state index in [9.17, 15) is 9.59 Å². The molecule has 0 saturated carbocycles. The Labute approximate surface area is 95.1 Å². The number of hydrogen-bond acceptors (Lipinski definition) is 5. The summed E-state index contributed by atoms with van der Waals surface area (Å²) in [6.45, 7) is 1.36. The summed E-state index contributed by atoms with van der Waals surface area (Å²) < 4.78 is 4.78. The number of nitrogens with zero attached hydrogens (tertiary/aromatic N) is 1. The molecule has 5 N–H and O–H groups in total. The number of nitrogens with one attached hydrogen (secondary N) is 1. The van der Waals surface area contributed by atoms with E-state index in [1.54, 1.807) is 19.1 Å². The van der Waals surface area contributed by atoms with E-state index in [0.29, 0.717) is 13.2 Å². The van der Waals surface area contributed by atoms with Gasteiger partial charge in [-0.2, -0.15) is 0 Å². The van der Waals surface area contributed by atoms with Gasteiger partial charge >= 0.3 is 0 Å². The minimum absolute atomic E-state index is 0.142. The molecular formula is C9H20N4O3. The number of methoxy groups -OCH3 is 1. The van der Waals surface area contributed by atoms with Gasteiger partial charge in [0.2, 0.25) is 11.8 Å². The molecule has 0 aliphatic rings. The number of hydrogen-bond donors (Lipinski definition) is 3. The second-order valence-electron chi connectivity index (χ2n) is 3.55. The van der Waals surface area contributed by atoms with E-state index < -0.39 is 11.9 Å². The third-order valence-electron chi connectivity index (χ3n) is 1.92. The first kappa shape index (κ1) is 14.8. The van der Waals surface area contributed by atoms with E-state index in [0.717, 1.165) is 0 Å². The van der Waals surface area contributed by atoms with Gasteiger partial charge in [0.05, 0.1) is 19.2 Å². The van der Waals surface area contributed by atoms with Crippen LogP contribution in [0.5, 0.6) is 0 Å². The minimum Gasteiger partial charge on any atom is -0.383 e. The Morgan fingerprint density at radius 3 is 2.62 bits per heavy atom. The Balaban J connectivity index is 3.73. The van der Waals surface area contributed by atoms with Crippen LogP contribution in [0.1, 0.15) is 0 Å². The normalized spacial score (nSPS) is 12.5. The topological polar surface area (TPSA) is 111 Å². The second kappa shape index (κ2) is 8.03. The molecule has 0 fully saturated rings. The van der Waals surface area contributed by atoms with Crippen molar-refractivity contribution in [2.24, 2.45) is 11.5 Å². The van der Waals surface area contributed by atoms with Crippen LogP contribution < -0.4 is 16.8 Å². The Bertz CT molecular complexity index is 235. The summed E-state index contributed by atoms with van der Waals surface area (Å²) >= 11 is 0. The molecule has 16 heavy (non-hydrogen) atoms. The molecule has 0 bridgehead atoms. The van der Waals surface area contributed by atoms with Crippen LogP contribution in [0, 0.1) is 0 Å². The maximum Gasteiger partial charge on any atom is 0.235 e. The summed E-state index contributed by atoms with van der Waals surface area (Å²) in [6.07, 6.45) is 0. The lowest BCUT2D eigenvalue weighted by Crippen LogP contribution is -2.47. The van der Waals surface area contributed by atoms with Crippen LogP contribution in [-0.4, -0.2) is 63.2 Å². The van der Waals surface area contributed by atoms with Gasteiger partial charge < -0.3 is 21.5 Å². The van der Waals surface area contributed by atoms with E-state index >= 15 is 0 Å². The maximum atomic E-state index is 11.3. The van der Waals surface area contributed by atoms with Crippen LogP contribution >= 0.6 is 0 Å². The SMILES string of the molecule is COCCNC(=O)CN(C)CC(N)C(N)=O. The largest absolute Gasteiger partial charge is 0.383 e. The van der Waals surface area contributed by atoms with E-state index in [-0.39, 0.29) is 19.0 Å². The van der Waals surface area contributed by atoms with Crippen LogP contribution in [0.15, 0.2) is 0 Å². The van der Waals surface area contributed by atoms with Crippen molar-refractivity contribution in [3.05, 3.63) is 0 Å². The summed E-state index contributed by atoms with van der Waals surface area (Å²) in [5.41, 5.74) is 10.5. The van der Waals surface area contributed by atoms with Crippen molar-refractivity contribution in [1.82, 2.24) is 10.2 Å². The molecule has 0 rings (SSSR count). The Hall–Kier alpha value is -1.18. The molecule has 7 heteroatoms. The predicted molar refractivity (Wildman–Crippen MR) is 59.6 cm³/mol. The highest BCUT2D eigenvalue weighted by atomic mass is 16.5. The number of carbonyl (C=O) groups excluding carboxylic acids is 2. The van der Waals surface area contributed by atoms with E-state index in [2.05, 4.69) is 5.32 Å². The van der Waals surface area contributed by atoms with Gasteiger partial charge in [0, 0.05) is 20.2 Å². The number of primary amides is 1. The van der Waals surface area contributed by atoms with Gasteiger partial charge in [-0.25, -0.2) is 0 Å². The molecular weight excluding hydrogens is 212 g/mol. The first-order valence-electron chi connectivity index (χ1n) is 4.96. The summed E-state index contributed by atoms with van der Waals surface area (Å²) in [5.74, 6) is -0.720. The van der Waals surface area contributed by atoms with Crippen molar-refractivity contribution in [2.45, 2.75) is 6.04 Å². The Kier molecular flexibility index (Phi) is 7.44. The lowest BCUT2D eigenvalue weighted by Gasteiger charge is -2.18. The monoisotopic (exact) mass is 232 g/mol. The molecule has 1 unspecified atom stereocenters. The molecule has 0 spiro atoms. The van der Waals surface area contributed by atoms with Crippen molar-refractivity contribution in [1.29, 1.82) is 0 Å². The number of nitrogens with two attached hydrogens (primary N) is 2. The lowest BCUT2D eigenvalue weighted by molar-refractivity contribution is -0.123. The Morgan fingerprint density at radius 1 is 1.50 bits per heavy atom. The van der Waals surface area contributed by atoms with Crippen molar-refractivity contribution >= 4 is 11.8 Å². The highest BCUT2D eigenvalue weighted by Gasteiger charge is 2.13. The van der Waals surface area contributed by atoms with Crippen molar-refractivity contribution in [3.8, 4) is 0 Å². The molecule has 0 radical (unpaired) electrons.